The minimum Gasteiger partial charge on any atom is -0.494 e. The molecule has 2 aliphatic heterocycles. The van der Waals surface area contributed by atoms with Crippen molar-refractivity contribution in [1.29, 1.82) is 0 Å². The Morgan fingerprint density at radius 2 is 1.93 bits per heavy atom. The van der Waals surface area contributed by atoms with E-state index in [1.807, 2.05) is 6.92 Å². The van der Waals surface area contributed by atoms with Crippen molar-refractivity contribution in [3.63, 3.8) is 0 Å². The second-order valence-corrected chi connectivity index (χ2v) is 6.65. The van der Waals surface area contributed by atoms with Gasteiger partial charge in [0.05, 0.1) is 12.2 Å². The maximum absolute atomic E-state index is 12.9. The number of likely N-dealkylation sites (tertiary alicyclic amines) is 1. The Hall–Kier alpha value is -3.35. The van der Waals surface area contributed by atoms with Crippen LogP contribution in [0, 0.1) is 0 Å². The van der Waals surface area contributed by atoms with E-state index in [4.69, 9.17) is 9.47 Å². The Morgan fingerprint density at radius 3 is 2.68 bits per heavy atom. The lowest BCUT2D eigenvalue weighted by molar-refractivity contribution is -0.144. The molecule has 1 N–H and O–H groups in total. The lowest BCUT2D eigenvalue weighted by Gasteiger charge is -2.29. The van der Waals surface area contributed by atoms with Gasteiger partial charge >= 0.3 is 5.97 Å². The Bertz CT molecular complexity index is 925. The summed E-state index contributed by atoms with van der Waals surface area (Å²) in [5.74, 6) is -0.282. The molecule has 28 heavy (non-hydrogen) atoms. The van der Waals surface area contributed by atoms with Gasteiger partial charge in [-0.3, -0.25) is 14.5 Å². The number of fused-ring (bicyclic) bond motifs is 1. The number of ether oxygens (including phenoxy) is 2. The summed E-state index contributed by atoms with van der Waals surface area (Å²) in [5.41, 5.74) is 1.65. The number of cyclic esters (lactones) is 1. The number of esters is 1. The normalized spacial score (nSPS) is 20.7. The maximum Gasteiger partial charge on any atom is 0.340 e. The number of nitrogens with zero attached hydrogens (tertiary/aromatic N) is 1. The van der Waals surface area contributed by atoms with Gasteiger partial charge in [0, 0.05) is 17.7 Å². The summed E-state index contributed by atoms with van der Waals surface area (Å²) >= 11 is 0. The molecule has 2 amide bonds. The first-order valence-corrected chi connectivity index (χ1v) is 9.23. The average Bonchev–Trinajstić information content (AvgIpc) is 3.24. The molecule has 0 bridgehead atoms. The van der Waals surface area contributed by atoms with Crippen LogP contribution in [0.15, 0.2) is 48.5 Å². The number of hydrogen-bond acceptors (Lipinski definition) is 5. The molecule has 0 aliphatic carbocycles. The molecule has 1 fully saturated rings. The average molecular weight is 380 g/mol. The number of rotatable bonds is 5. The van der Waals surface area contributed by atoms with Gasteiger partial charge in [0.25, 0.3) is 0 Å². The van der Waals surface area contributed by atoms with E-state index in [1.54, 1.807) is 48.5 Å². The van der Waals surface area contributed by atoms with Crippen LogP contribution in [0.5, 0.6) is 5.75 Å². The first-order valence-electron chi connectivity index (χ1n) is 9.23. The molecular weight excluding hydrogens is 360 g/mol. The van der Waals surface area contributed by atoms with Crippen molar-refractivity contribution in [1.82, 2.24) is 4.90 Å². The third-order valence-corrected chi connectivity index (χ3v) is 4.91. The Labute approximate surface area is 162 Å². The van der Waals surface area contributed by atoms with E-state index in [0.29, 0.717) is 35.6 Å². The smallest absolute Gasteiger partial charge is 0.340 e. The lowest BCUT2D eigenvalue weighted by atomic mass is 10.1. The highest BCUT2D eigenvalue weighted by Crippen LogP contribution is 2.38. The molecule has 4 rings (SSSR count). The monoisotopic (exact) mass is 380 g/mol. The summed E-state index contributed by atoms with van der Waals surface area (Å²) in [5, 5.41) is 2.83. The van der Waals surface area contributed by atoms with Gasteiger partial charge in [-0.25, -0.2) is 4.79 Å². The quantitative estimate of drug-likeness (QED) is 0.807. The summed E-state index contributed by atoms with van der Waals surface area (Å²) in [6, 6.07) is 13.3. The van der Waals surface area contributed by atoms with Crippen LogP contribution in [0.4, 0.5) is 5.69 Å². The van der Waals surface area contributed by atoms with Crippen LogP contribution < -0.4 is 10.1 Å². The van der Waals surface area contributed by atoms with E-state index in [0.717, 1.165) is 0 Å². The fourth-order valence-electron chi connectivity index (χ4n) is 3.61. The fraction of sp³-hybridized carbons (Fsp3) is 0.286. The predicted octanol–water partition coefficient (Wildman–Crippen LogP) is 2.88. The van der Waals surface area contributed by atoms with Crippen molar-refractivity contribution in [3.8, 4) is 5.75 Å². The first-order chi connectivity index (χ1) is 13.6. The summed E-state index contributed by atoms with van der Waals surface area (Å²) in [6.07, 6.45) is -0.259. The third kappa shape index (κ3) is 3.19. The number of carbonyl (C=O) groups is 3. The molecule has 2 aromatic carbocycles. The van der Waals surface area contributed by atoms with Gasteiger partial charge in [0.2, 0.25) is 18.0 Å². The molecule has 0 unspecified atom stereocenters. The van der Waals surface area contributed by atoms with Gasteiger partial charge in [-0.1, -0.05) is 18.2 Å². The highest BCUT2D eigenvalue weighted by Gasteiger charge is 2.46. The summed E-state index contributed by atoms with van der Waals surface area (Å²) < 4.78 is 10.8. The van der Waals surface area contributed by atoms with Gasteiger partial charge in [0.15, 0.2) is 0 Å². The van der Waals surface area contributed by atoms with Crippen LogP contribution in [0.2, 0.25) is 0 Å². The van der Waals surface area contributed by atoms with Crippen LogP contribution in [0.1, 0.15) is 41.9 Å². The van der Waals surface area contributed by atoms with Crippen molar-refractivity contribution < 1.29 is 23.9 Å². The molecule has 0 aromatic heterocycles. The van der Waals surface area contributed by atoms with Gasteiger partial charge < -0.3 is 14.8 Å². The molecule has 0 saturated carbocycles. The minimum atomic E-state index is -0.866. The molecule has 2 heterocycles. The van der Waals surface area contributed by atoms with Crippen molar-refractivity contribution in [2.75, 3.05) is 11.9 Å². The number of anilines is 1. The van der Waals surface area contributed by atoms with E-state index in [1.165, 1.54) is 4.90 Å². The number of nitrogens with one attached hydrogen (secondary N) is 1. The standard InChI is InChI=1S/C21H20N2O5/c1-2-27-14-9-7-13(8-10-14)22-19(25)17-11-12-18(24)23(17)20-15-5-3-4-6-16(15)21(26)28-20/h3-10,17,20H,2,11-12H2,1H3,(H,22,25)/t17-,20+/m0/s1. The first kappa shape index (κ1) is 18.0. The lowest BCUT2D eigenvalue weighted by Crippen LogP contribution is -2.43. The zero-order chi connectivity index (χ0) is 19.7. The van der Waals surface area contributed by atoms with Gasteiger partial charge in [0.1, 0.15) is 11.8 Å². The number of hydrogen-bond donors (Lipinski definition) is 1. The van der Waals surface area contributed by atoms with E-state index >= 15 is 0 Å². The Morgan fingerprint density at radius 1 is 1.18 bits per heavy atom. The second-order valence-electron chi connectivity index (χ2n) is 6.65. The highest BCUT2D eigenvalue weighted by molar-refractivity contribution is 6.00. The topological polar surface area (TPSA) is 84.9 Å². The van der Waals surface area contributed by atoms with Crippen molar-refractivity contribution >= 4 is 23.5 Å². The fourth-order valence-corrected chi connectivity index (χ4v) is 3.61. The maximum atomic E-state index is 12.9. The molecule has 2 atom stereocenters. The predicted molar refractivity (Wildman–Crippen MR) is 101 cm³/mol. The van der Waals surface area contributed by atoms with Gasteiger partial charge in [-0.05, 0) is 43.7 Å². The van der Waals surface area contributed by atoms with E-state index in [-0.39, 0.29) is 18.2 Å². The molecular formula is C21H20N2O5. The zero-order valence-corrected chi connectivity index (χ0v) is 15.4. The number of benzene rings is 2. The minimum absolute atomic E-state index is 0.207. The second kappa shape index (κ2) is 7.34. The highest BCUT2D eigenvalue weighted by atomic mass is 16.6. The summed E-state index contributed by atoms with van der Waals surface area (Å²) in [7, 11) is 0. The molecule has 1 saturated heterocycles. The van der Waals surface area contributed by atoms with Crippen LogP contribution in [0.3, 0.4) is 0 Å². The molecule has 144 valence electrons. The van der Waals surface area contributed by atoms with E-state index < -0.39 is 18.2 Å². The molecule has 2 aromatic rings. The third-order valence-electron chi connectivity index (χ3n) is 4.91. The molecule has 7 nitrogen and oxygen atoms in total. The van der Waals surface area contributed by atoms with Gasteiger partial charge in [-0.15, -0.1) is 0 Å². The van der Waals surface area contributed by atoms with Crippen LogP contribution in [-0.4, -0.2) is 35.3 Å². The molecule has 0 radical (unpaired) electrons. The van der Waals surface area contributed by atoms with E-state index in [2.05, 4.69) is 5.32 Å². The van der Waals surface area contributed by atoms with Crippen LogP contribution in [0.25, 0.3) is 0 Å². The Balaban J connectivity index is 1.53. The van der Waals surface area contributed by atoms with Crippen molar-refractivity contribution in [2.45, 2.75) is 32.0 Å². The molecule has 0 spiro atoms. The van der Waals surface area contributed by atoms with E-state index in [9.17, 15) is 14.4 Å². The van der Waals surface area contributed by atoms with Crippen molar-refractivity contribution in [3.05, 3.63) is 59.7 Å². The largest absolute Gasteiger partial charge is 0.494 e. The molecule has 7 heteroatoms. The number of amides is 2. The zero-order valence-electron chi connectivity index (χ0n) is 15.4. The van der Waals surface area contributed by atoms with Crippen LogP contribution in [-0.2, 0) is 14.3 Å². The summed E-state index contributed by atoms with van der Waals surface area (Å²) in [4.78, 5) is 38.9. The van der Waals surface area contributed by atoms with Crippen LogP contribution >= 0.6 is 0 Å². The van der Waals surface area contributed by atoms with Crippen molar-refractivity contribution in [2.24, 2.45) is 0 Å². The Kier molecular flexibility index (Phi) is 4.73. The SMILES string of the molecule is CCOc1ccc(NC(=O)[C@@H]2CCC(=O)N2[C@@H]2OC(=O)c3ccccc32)cc1. The molecule has 2 aliphatic rings. The number of carbonyl (C=O) groups excluding carboxylic acids is 3. The van der Waals surface area contributed by atoms with Gasteiger partial charge in [-0.2, -0.15) is 0 Å². The summed E-state index contributed by atoms with van der Waals surface area (Å²) in [6.45, 7) is 2.46.